The van der Waals surface area contributed by atoms with E-state index in [2.05, 4.69) is 26.6 Å². The Hall–Kier alpha value is -1.07. The molecule has 3 aliphatic rings. The molecule has 0 amide bonds. The molecule has 0 radical (unpaired) electrons. The van der Waals surface area contributed by atoms with E-state index in [-0.39, 0.29) is 0 Å². The predicted octanol–water partition coefficient (Wildman–Crippen LogP) is 1.91. The Morgan fingerprint density at radius 2 is 2.22 bits per heavy atom. The van der Waals surface area contributed by atoms with Crippen molar-refractivity contribution in [1.82, 2.24) is 15.5 Å². The summed E-state index contributed by atoms with van der Waals surface area (Å²) in [4.78, 5) is 7.07. The van der Waals surface area contributed by atoms with Crippen LogP contribution < -0.4 is 10.6 Å². The Balaban J connectivity index is 1.37. The molecule has 1 atom stereocenters. The Morgan fingerprint density at radius 3 is 2.96 bits per heavy atom. The number of hydrogen-bond acceptors (Lipinski definition) is 3. The lowest BCUT2D eigenvalue weighted by Gasteiger charge is -2.24. The van der Waals surface area contributed by atoms with Gasteiger partial charge in [-0.1, -0.05) is 24.5 Å². The van der Waals surface area contributed by atoms with Crippen LogP contribution in [-0.4, -0.2) is 62.8 Å². The van der Waals surface area contributed by atoms with Gasteiger partial charge in [0.2, 0.25) is 0 Å². The summed E-state index contributed by atoms with van der Waals surface area (Å²) in [5.74, 6) is 0.955. The first-order chi connectivity index (χ1) is 11.3. The lowest BCUT2D eigenvalue weighted by molar-refractivity contribution is 0.153. The molecule has 2 aliphatic heterocycles. The normalized spacial score (nSPS) is 27.3. The molecular weight excluding hydrogens is 288 g/mol. The fourth-order valence-electron chi connectivity index (χ4n) is 4.03. The van der Waals surface area contributed by atoms with Crippen molar-refractivity contribution in [2.45, 2.75) is 57.0 Å². The molecule has 0 bridgehead atoms. The number of aliphatic imine (C=N–C) groups is 1. The van der Waals surface area contributed by atoms with Crippen molar-refractivity contribution >= 4 is 5.96 Å². The zero-order chi connectivity index (χ0) is 15.9. The second-order valence-corrected chi connectivity index (χ2v) is 7.00. The first-order valence-electron chi connectivity index (χ1n) is 9.32. The van der Waals surface area contributed by atoms with E-state index in [0.29, 0.717) is 6.04 Å². The van der Waals surface area contributed by atoms with E-state index in [1.165, 1.54) is 50.8 Å². The van der Waals surface area contributed by atoms with E-state index in [9.17, 15) is 0 Å². The SMILES string of the molecule is CN=C(NCCC1=CCOCC1)NC1CCN(C2CCCC2)C1. The van der Waals surface area contributed by atoms with Crippen molar-refractivity contribution in [3.05, 3.63) is 11.6 Å². The van der Waals surface area contributed by atoms with Crippen LogP contribution in [0.5, 0.6) is 0 Å². The summed E-state index contributed by atoms with van der Waals surface area (Å²) in [5.41, 5.74) is 1.51. The van der Waals surface area contributed by atoms with Crippen LogP contribution in [-0.2, 0) is 4.74 Å². The summed E-state index contributed by atoms with van der Waals surface area (Å²) in [7, 11) is 1.87. The standard InChI is InChI=1S/C18H32N4O/c1-19-18(20-10-6-15-8-12-23-13-9-15)21-16-7-11-22(14-16)17-4-2-3-5-17/h8,16-17H,2-7,9-14H2,1H3,(H2,19,20,21). The Labute approximate surface area is 140 Å². The van der Waals surface area contributed by atoms with Gasteiger partial charge >= 0.3 is 0 Å². The first kappa shape index (κ1) is 16.8. The molecule has 2 heterocycles. The maximum atomic E-state index is 5.35. The quantitative estimate of drug-likeness (QED) is 0.461. The number of nitrogens with zero attached hydrogens (tertiary/aromatic N) is 2. The van der Waals surface area contributed by atoms with Crippen molar-refractivity contribution in [3.8, 4) is 0 Å². The molecule has 5 heteroatoms. The molecule has 0 spiro atoms. The zero-order valence-electron chi connectivity index (χ0n) is 14.5. The van der Waals surface area contributed by atoms with Gasteiger partial charge in [0.05, 0.1) is 13.2 Å². The van der Waals surface area contributed by atoms with Crippen molar-refractivity contribution in [1.29, 1.82) is 0 Å². The Morgan fingerprint density at radius 1 is 1.35 bits per heavy atom. The monoisotopic (exact) mass is 320 g/mol. The number of hydrogen-bond donors (Lipinski definition) is 2. The number of likely N-dealkylation sites (tertiary alicyclic amines) is 1. The van der Waals surface area contributed by atoms with E-state index in [1.807, 2.05) is 7.05 Å². The van der Waals surface area contributed by atoms with Gasteiger partial charge in [-0.05, 0) is 32.1 Å². The van der Waals surface area contributed by atoms with Crippen LogP contribution in [0.1, 0.15) is 44.9 Å². The van der Waals surface area contributed by atoms with Crippen molar-refractivity contribution in [3.63, 3.8) is 0 Å². The Kier molecular flexibility index (Phi) is 6.34. The third-order valence-electron chi connectivity index (χ3n) is 5.42. The highest BCUT2D eigenvalue weighted by Gasteiger charge is 2.30. The average molecular weight is 320 g/mol. The maximum absolute atomic E-state index is 5.35. The number of ether oxygens (including phenoxy) is 1. The minimum absolute atomic E-state index is 0.545. The highest BCUT2D eigenvalue weighted by atomic mass is 16.5. The minimum Gasteiger partial charge on any atom is -0.377 e. The van der Waals surface area contributed by atoms with Crippen molar-refractivity contribution < 1.29 is 4.74 Å². The third-order valence-corrected chi connectivity index (χ3v) is 5.42. The van der Waals surface area contributed by atoms with Gasteiger partial charge in [-0.2, -0.15) is 0 Å². The molecule has 0 aromatic heterocycles. The van der Waals surface area contributed by atoms with Crippen LogP contribution >= 0.6 is 0 Å². The van der Waals surface area contributed by atoms with Crippen molar-refractivity contribution in [2.75, 3.05) is 39.9 Å². The second kappa shape index (κ2) is 8.69. The third kappa shape index (κ3) is 4.95. The summed E-state index contributed by atoms with van der Waals surface area (Å²) in [5, 5.41) is 7.08. The lowest BCUT2D eigenvalue weighted by atomic mass is 10.1. The van der Waals surface area contributed by atoms with E-state index in [0.717, 1.165) is 44.6 Å². The van der Waals surface area contributed by atoms with Gasteiger partial charge in [-0.15, -0.1) is 0 Å². The van der Waals surface area contributed by atoms with Gasteiger partial charge < -0.3 is 15.4 Å². The summed E-state index contributed by atoms with van der Waals surface area (Å²) in [6.07, 6.45) is 11.3. The van der Waals surface area contributed by atoms with Crippen LogP contribution in [0.15, 0.2) is 16.6 Å². The first-order valence-corrected chi connectivity index (χ1v) is 9.32. The predicted molar refractivity (Wildman–Crippen MR) is 94.9 cm³/mol. The fraction of sp³-hybridized carbons (Fsp3) is 0.833. The van der Waals surface area contributed by atoms with E-state index in [1.54, 1.807) is 0 Å². The van der Waals surface area contributed by atoms with Gasteiger partial charge in [-0.25, -0.2) is 0 Å². The topological polar surface area (TPSA) is 48.9 Å². The van der Waals surface area contributed by atoms with Crippen LogP contribution in [0.2, 0.25) is 0 Å². The second-order valence-electron chi connectivity index (χ2n) is 7.00. The minimum atomic E-state index is 0.545. The van der Waals surface area contributed by atoms with Crippen molar-refractivity contribution in [2.24, 2.45) is 4.99 Å². The zero-order valence-corrected chi connectivity index (χ0v) is 14.5. The van der Waals surface area contributed by atoms with Crippen LogP contribution in [0.3, 0.4) is 0 Å². The molecule has 0 aromatic carbocycles. The number of guanidine groups is 1. The molecule has 1 saturated heterocycles. The smallest absolute Gasteiger partial charge is 0.191 e. The molecule has 1 unspecified atom stereocenters. The summed E-state index contributed by atoms with van der Waals surface area (Å²) in [6, 6.07) is 1.39. The molecule has 3 rings (SSSR count). The number of rotatable bonds is 5. The van der Waals surface area contributed by atoms with E-state index in [4.69, 9.17) is 4.74 Å². The molecule has 2 N–H and O–H groups in total. The number of nitrogens with one attached hydrogen (secondary N) is 2. The molecular formula is C18H32N4O. The van der Waals surface area contributed by atoms with Crippen LogP contribution in [0, 0.1) is 0 Å². The van der Waals surface area contributed by atoms with Gasteiger partial charge in [0.25, 0.3) is 0 Å². The largest absolute Gasteiger partial charge is 0.377 e. The molecule has 1 saturated carbocycles. The van der Waals surface area contributed by atoms with E-state index < -0.39 is 0 Å². The maximum Gasteiger partial charge on any atom is 0.191 e. The molecule has 1 aliphatic carbocycles. The van der Waals surface area contributed by atoms with Crippen LogP contribution in [0.4, 0.5) is 0 Å². The molecule has 130 valence electrons. The highest BCUT2D eigenvalue weighted by molar-refractivity contribution is 5.80. The van der Waals surface area contributed by atoms with Crippen LogP contribution in [0.25, 0.3) is 0 Å². The fourth-order valence-corrected chi connectivity index (χ4v) is 4.03. The average Bonchev–Trinajstić information content (AvgIpc) is 3.26. The molecule has 2 fully saturated rings. The molecule has 0 aromatic rings. The van der Waals surface area contributed by atoms with Gasteiger partial charge in [0, 0.05) is 38.8 Å². The molecule has 23 heavy (non-hydrogen) atoms. The molecule has 5 nitrogen and oxygen atoms in total. The van der Waals surface area contributed by atoms with Gasteiger partial charge in [0.15, 0.2) is 5.96 Å². The highest BCUT2D eigenvalue weighted by Crippen LogP contribution is 2.26. The van der Waals surface area contributed by atoms with Gasteiger partial charge in [-0.3, -0.25) is 9.89 Å². The summed E-state index contributed by atoms with van der Waals surface area (Å²) < 4.78 is 5.35. The van der Waals surface area contributed by atoms with E-state index >= 15 is 0 Å². The lowest BCUT2D eigenvalue weighted by Crippen LogP contribution is -2.45. The summed E-state index contributed by atoms with van der Waals surface area (Å²) in [6.45, 7) is 5.02. The Bertz CT molecular complexity index is 429. The summed E-state index contributed by atoms with van der Waals surface area (Å²) >= 11 is 0. The van der Waals surface area contributed by atoms with Gasteiger partial charge in [0.1, 0.15) is 0 Å².